The molecule has 10 heteroatoms. The summed E-state index contributed by atoms with van der Waals surface area (Å²) in [5.41, 5.74) is 12.0. The van der Waals surface area contributed by atoms with Crippen LogP contribution in [0, 0.1) is 18.3 Å². The van der Waals surface area contributed by atoms with Crippen LogP contribution in [-0.2, 0) is 23.9 Å². The van der Waals surface area contributed by atoms with Gasteiger partial charge in [-0.3, -0.25) is 14.4 Å². The van der Waals surface area contributed by atoms with E-state index in [1.54, 1.807) is 69.3 Å². The number of rotatable bonds is 6. The van der Waals surface area contributed by atoms with Gasteiger partial charge in [0, 0.05) is 22.5 Å². The van der Waals surface area contributed by atoms with Gasteiger partial charge < -0.3 is 21.1 Å². The molecule has 39 heavy (non-hydrogen) atoms. The van der Waals surface area contributed by atoms with Crippen molar-refractivity contribution in [3.05, 3.63) is 87.9 Å². The molecule has 2 atom stereocenters. The van der Waals surface area contributed by atoms with E-state index in [-0.39, 0.29) is 23.6 Å². The summed E-state index contributed by atoms with van der Waals surface area (Å²) in [6.07, 6.45) is 5.60. The zero-order valence-electron chi connectivity index (χ0n) is 21.6. The van der Waals surface area contributed by atoms with E-state index in [1.165, 1.54) is 0 Å². The van der Waals surface area contributed by atoms with Crippen molar-refractivity contribution in [1.82, 2.24) is 10.7 Å². The Labute approximate surface area is 225 Å². The lowest BCUT2D eigenvalue weighted by Gasteiger charge is -2.30. The SMILES string of the molecule is C#Cc1cccc(C2C(C(=O)Nc3ccc(C4=NNC(=O)C(=O)C4C)cc3)=C(C)NC(N)=C2C(=O)OCC)c1. The highest BCUT2D eigenvalue weighted by Gasteiger charge is 2.38. The number of esters is 1. The predicted molar refractivity (Wildman–Crippen MR) is 145 cm³/mol. The summed E-state index contributed by atoms with van der Waals surface area (Å²) in [5, 5.41) is 9.81. The van der Waals surface area contributed by atoms with Gasteiger partial charge in [-0.2, -0.15) is 5.10 Å². The average molecular weight is 526 g/mol. The molecular formula is C29H27N5O5. The van der Waals surface area contributed by atoms with Crippen LogP contribution < -0.4 is 21.8 Å². The van der Waals surface area contributed by atoms with Gasteiger partial charge in [0.1, 0.15) is 5.82 Å². The van der Waals surface area contributed by atoms with Gasteiger partial charge in [-0.15, -0.1) is 6.42 Å². The summed E-state index contributed by atoms with van der Waals surface area (Å²) in [7, 11) is 0. The highest BCUT2D eigenvalue weighted by molar-refractivity contribution is 6.43. The molecule has 4 rings (SSSR count). The first-order valence-corrected chi connectivity index (χ1v) is 12.2. The third-order valence-corrected chi connectivity index (χ3v) is 6.46. The van der Waals surface area contributed by atoms with Gasteiger partial charge in [-0.25, -0.2) is 10.2 Å². The topological polar surface area (TPSA) is 152 Å². The van der Waals surface area contributed by atoms with Crippen LogP contribution in [0.25, 0.3) is 0 Å². The van der Waals surface area contributed by atoms with E-state index >= 15 is 0 Å². The van der Waals surface area contributed by atoms with Crippen LogP contribution in [0.15, 0.2) is 76.3 Å². The average Bonchev–Trinajstić information content (AvgIpc) is 2.92. The van der Waals surface area contributed by atoms with Crippen LogP contribution >= 0.6 is 0 Å². The first-order valence-electron chi connectivity index (χ1n) is 12.2. The smallest absolute Gasteiger partial charge is 0.338 e. The third-order valence-electron chi connectivity index (χ3n) is 6.46. The molecule has 2 unspecified atom stereocenters. The number of Topliss-reactive ketones (excluding diaryl/α,β-unsaturated/α-hetero) is 1. The predicted octanol–water partition coefficient (Wildman–Crippen LogP) is 2.04. The number of hydrogen-bond acceptors (Lipinski definition) is 8. The van der Waals surface area contributed by atoms with Gasteiger partial charge in [0.15, 0.2) is 0 Å². The molecule has 0 saturated carbocycles. The van der Waals surface area contributed by atoms with Crippen molar-refractivity contribution in [2.45, 2.75) is 26.7 Å². The standard InChI is InChI=1S/C29H27N5O5/c1-5-17-8-7-9-19(14-17)22-21(16(4)31-26(30)23(22)29(38)39-6-2)27(36)32-20-12-10-18(11-13-20)24-15(3)25(35)28(37)34-33-24/h1,7-15,22,31H,6,30H2,2-4H3,(H,32,36)(H,34,37). The fourth-order valence-electron chi connectivity index (χ4n) is 4.55. The summed E-state index contributed by atoms with van der Waals surface area (Å²) in [6, 6.07) is 13.7. The van der Waals surface area contributed by atoms with E-state index in [9.17, 15) is 19.2 Å². The Morgan fingerprint density at radius 2 is 1.87 bits per heavy atom. The molecule has 0 saturated heterocycles. The minimum Gasteiger partial charge on any atom is -0.463 e. The van der Waals surface area contributed by atoms with Crippen molar-refractivity contribution in [2.75, 3.05) is 11.9 Å². The molecule has 0 fully saturated rings. The van der Waals surface area contributed by atoms with Crippen LogP contribution in [0.4, 0.5) is 5.69 Å². The fourth-order valence-corrected chi connectivity index (χ4v) is 4.55. The van der Waals surface area contributed by atoms with Gasteiger partial charge >= 0.3 is 11.9 Å². The maximum absolute atomic E-state index is 13.7. The number of allylic oxidation sites excluding steroid dienone is 1. The third kappa shape index (κ3) is 5.29. The number of carbonyl (C=O) groups excluding carboxylic acids is 4. The Morgan fingerprint density at radius 1 is 1.15 bits per heavy atom. The number of nitrogens with zero attached hydrogens (tertiary/aromatic N) is 1. The molecule has 0 bridgehead atoms. The number of amides is 2. The quantitative estimate of drug-likeness (QED) is 0.256. The van der Waals surface area contributed by atoms with Crippen molar-refractivity contribution < 1.29 is 23.9 Å². The minimum absolute atomic E-state index is 0.0898. The van der Waals surface area contributed by atoms with Crippen LogP contribution in [0.3, 0.4) is 0 Å². The van der Waals surface area contributed by atoms with Crippen molar-refractivity contribution in [2.24, 2.45) is 16.8 Å². The zero-order chi connectivity index (χ0) is 28.3. The lowest BCUT2D eigenvalue weighted by atomic mass is 9.80. The van der Waals surface area contributed by atoms with Gasteiger partial charge in [-0.05, 0) is 56.2 Å². The molecule has 2 amide bonds. The van der Waals surface area contributed by atoms with Crippen LogP contribution in [0.2, 0.25) is 0 Å². The number of dihydropyridines is 1. The van der Waals surface area contributed by atoms with Crippen molar-refractivity contribution in [3.8, 4) is 12.3 Å². The van der Waals surface area contributed by atoms with Crippen molar-refractivity contribution in [3.63, 3.8) is 0 Å². The lowest BCUT2D eigenvalue weighted by molar-refractivity contribution is -0.139. The number of hydrazone groups is 1. The van der Waals surface area contributed by atoms with E-state index in [1.807, 2.05) is 0 Å². The Kier molecular flexibility index (Phi) is 7.63. The number of nitrogens with two attached hydrogens (primary N) is 1. The highest BCUT2D eigenvalue weighted by Crippen LogP contribution is 2.38. The Balaban J connectivity index is 1.67. The second kappa shape index (κ2) is 11.1. The van der Waals surface area contributed by atoms with E-state index < -0.39 is 35.4 Å². The molecule has 2 aromatic rings. The molecule has 5 N–H and O–H groups in total. The summed E-state index contributed by atoms with van der Waals surface area (Å²) < 4.78 is 5.26. The van der Waals surface area contributed by atoms with E-state index in [4.69, 9.17) is 16.9 Å². The van der Waals surface area contributed by atoms with Gasteiger partial charge in [0.25, 0.3) is 5.91 Å². The van der Waals surface area contributed by atoms with Crippen molar-refractivity contribution in [1.29, 1.82) is 0 Å². The number of ketones is 1. The number of benzene rings is 2. The number of anilines is 1. The molecule has 2 aromatic carbocycles. The maximum atomic E-state index is 13.7. The highest BCUT2D eigenvalue weighted by atomic mass is 16.5. The first-order chi connectivity index (χ1) is 18.7. The molecule has 2 aliphatic rings. The molecule has 0 radical (unpaired) electrons. The van der Waals surface area contributed by atoms with Crippen LogP contribution in [-0.4, -0.2) is 35.9 Å². The molecule has 0 aliphatic carbocycles. The second-order valence-electron chi connectivity index (χ2n) is 8.97. The molecule has 0 spiro atoms. The van der Waals surface area contributed by atoms with E-state index in [0.717, 1.165) is 0 Å². The van der Waals surface area contributed by atoms with Gasteiger partial charge in [-0.1, -0.05) is 30.2 Å². The monoisotopic (exact) mass is 525 g/mol. The summed E-state index contributed by atoms with van der Waals surface area (Å²) in [4.78, 5) is 50.2. The van der Waals surface area contributed by atoms with Crippen LogP contribution in [0.1, 0.15) is 43.4 Å². The Hall–Kier alpha value is -5.17. The zero-order valence-corrected chi connectivity index (χ0v) is 21.6. The number of carbonyl (C=O) groups is 4. The summed E-state index contributed by atoms with van der Waals surface area (Å²) in [6.45, 7) is 5.11. The molecule has 10 nitrogen and oxygen atoms in total. The van der Waals surface area contributed by atoms with Crippen LogP contribution in [0.5, 0.6) is 0 Å². The normalized spacial score (nSPS) is 19.0. The first kappa shape index (κ1) is 26.9. The number of nitrogens with one attached hydrogen (secondary N) is 3. The van der Waals surface area contributed by atoms with Gasteiger partial charge in [0.2, 0.25) is 5.78 Å². The number of hydrogen-bond donors (Lipinski definition) is 4. The molecule has 2 aliphatic heterocycles. The largest absolute Gasteiger partial charge is 0.463 e. The van der Waals surface area contributed by atoms with Gasteiger partial charge in [0.05, 0.1) is 29.7 Å². The van der Waals surface area contributed by atoms with E-state index in [2.05, 4.69) is 27.1 Å². The van der Waals surface area contributed by atoms with Crippen molar-refractivity contribution >= 4 is 35.0 Å². The number of ether oxygens (including phenoxy) is 1. The lowest BCUT2D eigenvalue weighted by Crippen LogP contribution is -2.41. The maximum Gasteiger partial charge on any atom is 0.338 e. The summed E-state index contributed by atoms with van der Waals surface area (Å²) in [5.74, 6) is -1.32. The fraction of sp³-hybridized carbons (Fsp3) is 0.207. The minimum atomic E-state index is -0.843. The molecule has 198 valence electrons. The Bertz CT molecular complexity index is 1510. The van der Waals surface area contributed by atoms with E-state index in [0.29, 0.717) is 33.8 Å². The molecular weight excluding hydrogens is 498 g/mol. The summed E-state index contributed by atoms with van der Waals surface area (Å²) >= 11 is 0. The molecule has 0 aromatic heterocycles. The molecule has 2 heterocycles. The Morgan fingerprint density at radius 3 is 2.54 bits per heavy atom. The number of terminal acetylenes is 1. The second-order valence-corrected chi connectivity index (χ2v) is 8.97.